The molecule has 0 N–H and O–H groups in total. The average Bonchev–Trinajstić information content (AvgIpc) is 2.79. The van der Waals surface area contributed by atoms with E-state index in [0.717, 1.165) is 24.9 Å². The number of halogens is 1. The summed E-state index contributed by atoms with van der Waals surface area (Å²) in [5, 5.41) is 17.7. The highest BCUT2D eigenvalue weighted by Crippen LogP contribution is 2.20. The van der Waals surface area contributed by atoms with Crippen molar-refractivity contribution in [3.63, 3.8) is 0 Å². The predicted octanol–water partition coefficient (Wildman–Crippen LogP) is 2.19. The molecule has 1 aromatic carbocycles. The molecule has 1 fully saturated rings. The summed E-state index contributed by atoms with van der Waals surface area (Å²) in [6.07, 6.45) is 1.91. The maximum atomic E-state index is 13.1. The molecule has 0 spiro atoms. The molecular formula is C13H12FN3. The number of rotatable bonds is 2. The van der Waals surface area contributed by atoms with Gasteiger partial charge in [-0.25, -0.2) is 4.39 Å². The zero-order chi connectivity index (χ0) is 12.3. The predicted molar refractivity (Wildman–Crippen MR) is 60.2 cm³/mol. The molecule has 17 heavy (non-hydrogen) atoms. The summed E-state index contributed by atoms with van der Waals surface area (Å²) in [5.41, 5.74) is 0.945. The lowest BCUT2D eigenvalue weighted by atomic mass is 10.1. The van der Waals surface area contributed by atoms with E-state index < -0.39 is 5.82 Å². The Balaban J connectivity index is 2.14. The molecule has 1 heterocycles. The van der Waals surface area contributed by atoms with Gasteiger partial charge in [-0.05, 0) is 37.1 Å². The fourth-order valence-corrected chi connectivity index (χ4v) is 2.15. The Kier molecular flexibility index (Phi) is 3.37. The van der Waals surface area contributed by atoms with E-state index in [1.54, 1.807) is 12.1 Å². The number of hydrogen-bond donors (Lipinski definition) is 0. The van der Waals surface area contributed by atoms with E-state index >= 15 is 0 Å². The van der Waals surface area contributed by atoms with Gasteiger partial charge in [0.25, 0.3) is 0 Å². The minimum absolute atomic E-state index is 0.0504. The van der Waals surface area contributed by atoms with E-state index in [0.29, 0.717) is 6.54 Å². The van der Waals surface area contributed by atoms with E-state index in [4.69, 9.17) is 10.5 Å². The fourth-order valence-electron chi connectivity index (χ4n) is 2.15. The van der Waals surface area contributed by atoms with E-state index in [2.05, 4.69) is 11.0 Å². The van der Waals surface area contributed by atoms with Gasteiger partial charge in [0.15, 0.2) is 0 Å². The van der Waals surface area contributed by atoms with Gasteiger partial charge >= 0.3 is 0 Å². The first-order valence-corrected chi connectivity index (χ1v) is 5.57. The van der Waals surface area contributed by atoms with Crippen molar-refractivity contribution >= 4 is 0 Å². The molecule has 0 bridgehead atoms. The van der Waals surface area contributed by atoms with Crippen LogP contribution in [0.25, 0.3) is 0 Å². The second-order valence-electron chi connectivity index (χ2n) is 4.18. The van der Waals surface area contributed by atoms with Gasteiger partial charge in [0.2, 0.25) is 0 Å². The minimum atomic E-state index is -0.491. The Labute approximate surface area is 99.7 Å². The lowest BCUT2D eigenvalue weighted by Gasteiger charge is -2.18. The Hall–Kier alpha value is -1.91. The minimum Gasteiger partial charge on any atom is -0.284 e. The summed E-state index contributed by atoms with van der Waals surface area (Å²) >= 11 is 0. The van der Waals surface area contributed by atoms with Gasteiger partial charge in [0.1, 0.15) is 11.9 Å². The van der Waals surface area contributed by atoms with Crippen molar-refractivity contribution in [2.24, 2.45) is 0 Å². The summed E-state index contributed by atoms with van der Waals surface area (Å²) < 4.78 is 13.1. The number of nitriles is 2. The van der Waals surface area contributed by atoms with Crippen LogP contribution in [0.1, 0.15) is 24.0 Å². The highest BCUT2D eigenvalue weighted by atomic mass is 19.1. The van der Waals surface area contributed by atoms with E-state index in [9.17, 15) is 4.39 Å². The van der Waals surface area contributed by atoms with Crippen molar-refractivity contribution in [2.75, 3.05) is 6.54 Å². The molecule has 0 aromatic heterocycles. The molecule has 0 saturated carbocycles. The molecule has 3 nitrogen and oxygen atoms in total. The van der Waals surface area contributed by atoms with Crippen LogP contribution in [0.4, 0.5) is 4.39 Å². The van der Waals surface area contributed by atoms with Gasteiger partial charge < -0.3 is 0 Å². The summed E-state index contributed by atoms with van der Waals surface area (Å²) in [6.45, 7) is 1.49. The molecular weight excluding hydrogens is 217 g/mol. The van der Waals surface area contributed by atoms with Gasteiger partial charge in [0, 0.05) is 6.54 Å². The number of nitrogens with zero attached hydrogens (tertiary/aromatic N) is 3. The van der Waals surface area contributed by atoms with Crippen LogP contribution in [-0.2, 0) is 6.54 Å². The van der Waals surface area contributed by atoms with Gasteiger partial charge in [-0.3, -0.25) is 4.90 Å². The molecule has 0 amide bonds. The van der Waals surface area contributed by atoms with Crippen LogP contribution in [0.5, 0.6) is 0 Å². The highest BCUT2D eigenvalue weighted by molar-refractivity contribution is 5.34. The summed E-state index contributed by atoms with van der Waals surface area (Å²) in [6, 6.07) is 8.58. The molecule has 1 aliphatic heterocycles. The third-order valence-electron chi connectivity index (χ3n) is 3.05. The van der Waals surface area contributed by atoms with Crippen molar-refractivity contribution in [3.05, 3.63) is 35.1 Å². The summed E-state index contributed by atoms with van der Waals surface area (Å²) in [4.78, 5) is 2.06. The van der Waals surface area contributed by atoms with E-state index in [-0.39, 0.29) is 11.6 Å². The normalized spacial score (nSPS) is 19.8. The maximum absolute atomic E-state index is 13.1. The second kappa shape index (κ2) is 4.95. The van der Waals surface area contributed by atoms with Crippen LogP contribution in [0.2, 0.25) is 0 Å². The smallest absolute Gasteiger partial charge is 0.140 e. The molecule has 1 aliphatic rings. The van der Waals surface area contributed by atoms with Crippen molar-refractivity contribution in [1.82, 2.24) is 4.90 Å². The maximum Gasteiger partial charge on any atom is 0.140 e. The number of likely N-dealkylation sites (tertiary alicyclic amines) is 1. The Morgan fingerprint density at radius 1 is 1.41 bits per heavy atom. The third-order valence-corrected chi connectivity index (χ3v) is 3.05. The van der Waals surface area contributed by atoms with Gasteiger partial charge in [0.05, 0.1) is 17.7 Å². The largest absolute Gasteiger partial charge is 0.284 e. The first-order chi connectivity index (χ1) is 8.24. The molecule has 0 aliphatic carbocycles. The van der Waals surface area contributed by atoms with Gasteiger partial charge in [-0.2, -0.15) is 10.5 Å². The van der Waals surface area contributed by atoms with Crippen LogP contribution in [-0.4, -0.2) is 17.5 Å². The standard InChI is InChI=1S/C13H12FN3/c14-13-4-3-10(6-11(13)7-15)9-17-5-1-2-12(17)8-16/h3-4,6,12H,1-2,5,9H2. The molecule has 2 rings (SSSR count). The Morgan fingerprint density at radius 2 is 2.24 bits per heavy atom. The van der Waals surface area contributed by atoms with E-state index in [1.165, 1.54) is 6.07 Å². The lowest BCUT2D eigenvalue weighted by molar-refractivity contribution is 0.286. The molecule has 1 unspecified atom stereocenters. The molecule has 0 radical (unpaired) electrons. The first kappa shape index (κ1) is 11.6. The molecule has 4 heteroatoms. The Bertz CT molecular complexity index is 498. The zero-order valence-corrected chi connectivity index (χ0v) is 9.36. The molecule has 1 aromatic rings. The molecule has 86 valence electrons. The van der Waals surface area contributed by atoms with Crippen molar-refractivity contribution in [3.8, 4) is 12.1 Å². The second-order valence-corrected chi connectivity index (χ2v) is 4.18. The van der Waals surface area contributed by atoms with Crippen molar-refractivity contribution in [2.45, 2.75) is 25.4 Å². The van der Waals surface area contributed by atoms with Gasteiger partial charge in [-0.1, -0.05) is 6.07 Å². The Morgan fingerprint density at radius 3 is 2.94 bits per heavy atom. The van der Waals surface area contributed by atoms with Crippen molar-refractivity contribution in [1.29, 1.82) is 10.5 Å². The third kappa shape index (κ3) is 2.43. The van der Waals surface area contributed by atoms with Crippen molar-refractivity contribution < 1.29 is 4.39 Å². The summed E-state index contributed by atoms with van der Waals surface area (Å²) in [5.74, 6) is -0.491. The highest BCUT2D eigenvalue weighted by Gasteiger charge is 2.24. The molecule has 1 saturated heterocycles. The summed E-state index contributed by atoms with van der Waals surface area (Å²) in [7, 11) is 0. The fraction of sp³-hybridized carbons (Fsp3) is 0.385. The average molecular weight is 229 g/mol. The lowest BCUT2D eigenvalue weighted by Crippen LogP contribution is -2.27. The van der Waals surface area contributed by atoms with Crippen LogP contribution in [0, 0.1) is 28.5 Å². The molecule has 1 atom stereocenters. The zero-order valence-electron chi connectivity index (χ0n) is 9.36. The SMILES string of the molecule is N#Cc1cc(CN2CCCC2C#N)ccc1F. The first-order valence-electron chi connectivity index (χ1n) is 5.57. The quantitative estimate of drug-likeness (QED) is 0.781. The van der Waals surface area contributed by atoms with E-state index in [1.807, 2.05) is 6.07 Å². The van der Waals surface area contributed by atoms with Gasteiger partial charge in [-0.15, -0.1) is 0 Å². The van der Waals surface area contributed by atoms with Crippen LogP contribution in [0.3, 0.4) is 0 Å². The monoisotopic (exact) mass is 229 g/mol. The van der Waals surface area contributed by atoms with Crippen LogP contribution < -0.4 is 0 Å². The van der Waals surface area contributed by atoms with Crippen LogP contribution >= 0.6 is 0 Å². The van der Waals surface area contributed by atoms with Crippen LogP contribution in [0.15, 0.2) is 18.2 Å². The number of hydrogen-bond acceptors (Lipinski definition) is 3. The topological polar surface area (TPSA) is 50.8 Å². The number of benzene rings is 1.